The number of hydrogen-bond donors (Lipinski definition) is 2. The molecule has 0 saturated carbocycles. The van der Waals surface area contributed by atoms with Gasteiger partial charge in [0, 0.05) is 6.20 Å². The predicted molar refractivity (Wildman–Crippen MR) is 113 cm³/mol. The number of sulfone groups is 1. The first-order chi connectivity index (χ1) is 14.2. The molecule has 0 aliphatic carbocycles. The lowest BCUT2D eigenvalue weighted by atomic mass is 10.1. The maximum Gasteiger partial charge on any atom is 0.276 e. The Morgan fingerprint density at radius 2 is 1.93 bits per heavy atom. The highest BCUT2D eigenvalue weighted by atomic mass is 32.2. The van der Waals surface area contributed by atoms with E-state index in [1.54, 1.807) is 6.20 Å². The van der Waals surface area contributed by atoms with Gasteiger partial charge in [0.05, 0.1) is 16.3 Å². The SMILES string of the molecule is CCS(=O)(=O)c1ccc(O)c(NC(=O)c2ccn(COc3cc(C)ccc3C)n2)c1. The number of phenolic OH excluding ortho intramolecular Hbond substituents is 1. The molecule has 30 heavy (non-hydrogen) atoms. The Kier molecular flexibility index (Phi) is 6.12. The zero-order chi connectivity index (χ0) is 21.9. The molecule has 0 unspecified atom stereocenters. The number of rotatable bonds is 7. The Bertz CT molecular complexity index is 1190. The van der Waals surface area contributed by atoms with Gasteiger partial charge in [-0.05, 0) is 55.3 Å². The second-order valence-corrected chi connectivity index (χ2v) is 9.10. The van der Waals surface area contributed by atoms with Crippen molar-refractivity contribution in [3.05, 3.63) is 65.5 Å². The molecule has 0 radical (unpaired) electrons. The first kappa shape index (κ1) is 21.4. The van der Waals surface area contributed by atoms with E-state index in [1.165, 1.54) is 35.9 Å². The summed E-state index contributed by atoms with van der Waals surface area (Å²) in [6.07, 6.45) is 1.60. The summed E-state index contributed by atoms with van der Waals surface area (Å²) in [5, 5.41) is 16.6. The third-order valence-electron chi connectivity index (χ3n) is 4.52. The Hall–Kier alpha value is -3.33. The van der Waals surface area contributed by atoms with E-state index in [-0.39, 0.29) is 34.5 Å². The van der Waals surface area contributed by atoms with Crippen molar-refractivity contribution in [2.45, 2.75) is 32.4 Å². The van der Waals surface area contributed by atoms with Gasteiger partial charge in [-0.15, -0.1) is 0 Å². The van der Waals surface area contributed by atoms with Crippen LogP contribution in [0.5, 0.6) is 11.5 Å². The highest BCUT2D eigenvalue weighted by Crippen LogP contribution is 2.27. The Labute approximate surface area is 175 Å². The monoisotopic (exact) mass is 429 g/mol. The Balaban J connectivity index is 1.71. The fourth-order valence-electron chi connectivity index (χ4n) is 2.71. The normalized spacial score (nSPS) is 11.3. The number of nitrogens with zero attached hydrogens (tertiary/aromatic N) is 2. The van der Waals surface area contributed by atoms with E-state index in [0.717, 1.165) is 16.9 Å². The lowest BCUT2D eigenvalue weighted by molar-refractivity contribution is 0.101. The quantitative estimate of drug-likeness (QED) is 0.558. The molecule has 3 aromatic rings. The van der Waals surface area contributed by atoms with E-state index in [4.69, 9.17) is 4.74 Å². The molecule has 2 N–H and O–H groups in total. The van der Waals surface area contributed by atoms with Gasteiger partial charge < -0.3 is 15.2 Å². The number of carbonyl (C=O) groups excluding carboxylic acids is 1. The second-order valence-electron chi connectivity index (χ2n) is 6.82. The van der Waals surface area contributed by atoms with Gasteiger partial charge >= 0.3 is 0 Å². The number of amides is 1. The molecule has 3 rings (SSSR count). The number of ether oxygens (including phenoxy) is 1. The number of benzene rings is 2. The van der Waals surface area contributed by atoms with Crippen molar-refractivity contribution in [2.75, 3.05) is 11.1 Å². The summed E-state index contributed by atoms with van der Waals surface area (Å²) in [6.45, 7) is 5.55. The van der Waals surface area contributed by atoms with E-state index in [0.29, 0.717) is 0 Å². The zero-order valence-electron chi connectivity index (χ0n) is 16.9. The fourth-order valence-corrected chi connectivity index (χ4v) is 3.62. The van der Waals surface area contributed by atoms with Crippen molar-refractivity contribution < 1.29 is 23.1 Å². The van der Waals surface area contributed by atoms with Crippen molar-refractivity contribution in [1.82, 2.24) is 9.78 Å². The first-order valence-electron chi connectivity index (χ1n) is 9.30. The number of anilines is 1. The summed E-state index contributed by atoms with van der Waals surface area (Å²) >= 11 is 0. The topological polar surface area (TPSA) is 111 Å². The largest absolute Gasteiger partial charge is 0.506 e. The van der Waals surface area contributed by atoms with Crippen LogP contribution >= 0.6 is 0 Å². The summed E-state index contributed by atoms with van der Waals surface area (Å²) in [5.74, 6) is -0.177. The lowest BCUT2D eigenvalue weighted by Gasteiger charge is -2.10. The fraction of sp³-hybridized carbons (Fsp3) is 0.238. The summed E-state index contributed by atoms with van der Waals surface area (Å²) in [7, 11) is -3.47. The van der Waals surface area contributed by atoms with Gasteiger partial charge in [-0.25, -0.2) is 13.1 Å². The van der Waals surface area contributed by atoms with Crippen molar-refractivity contribution in [3.8, 4) is 11.5 Å². The average molecular weight is 429 g/mol. The van der Waals surface area contributed by atoms with Crippen LogP contribution in [0, 0.1) is 13.8 Å². The molecule has 158 valence electrons. The minimum Gasteiger partial charge on any atom is -0.506 e. The van der Waals surface area contributed by atoms with Crippen LogP contribution in [0.25, 0.3) is 0 Å². The van der Waals surface area contributed by atoms with Gasteiger partial charge in [-0.1, -0.05) is 19.1 Å². The first-order valence-corrected chi connectivity index (χ1v) is 11.0. The molecule has 0 spiro atoms. The number of hydrogen-bond acceptors (Lipinski definition) is 6. The van der Waals surface area contributed by atoms with E-state index < -0.39 is 15.7 Å². The summed E-state index contributed by atoms with van der Waals surface area (Å²) < 4.78 is 31.3. The molecule has 2 aromatic carbocycles. The number of phenols is 1. The number of aromatic nitrogens is 2. The molecule has 0 fully saturated rings. The van der Waals surface area contributed by atoms with E-state index in [2.05, 4.69) is 10.4 Å². The highest BCUT2D eigenvalue weighted by molar-refractivity contribution is 7.91. The highest BCUT2D eigenvalue weighted by Gasteiger charge is 2.17. The van der Waals surface area contributed by atoms with Gasteiger partial charge in [0.25, 0.3) is 5.91 Å². The van der Waals surface area contributed by atoms with Crippen LogP contribution in [0.3, 0.4) is 0 Å². The van der Waals surface area contributed by atoms with Gasteiger partial charge in [-0.2, -0.15) is 5.10 Å². The van der Waals surface area contributed by atoms with Crippen LogP contribution in [0.1, 0.15) is 28.5 Å². The number of carbonyl (C=O) groups is 1. The molecular weight excluding hydrogens is 406 g/mol. The van der Waals surface area contributed by atoms with Gasteiger partial charge in [0.1, 0.15) is 11.5 Å². The number of aromatic hydroxyl groups is 1. The van der Waals surface area contributed by atoms with Crippen LogP contribution in [-0.2, 0) is 16.6 Å². The summed E-state index contributed by atoms with van der Waals surface area (Å²) in [4.78, 5) is 12.5. The maximum absolute atomic E-state index is 12.5. The zero-order valence-corrected chi connectivity index (χ0v) is 17.7. The molecule has 8 nitrogen and oxygen atoms in total. The minimum atomic E-state index is -3.47. The molecule has 1 aromatic heterocycles. The third kappa shape index (κ3) is 4.80. The molecule has 0 saturated heterocycles. The number of aryl methyl sites for hydroxylation is 2. The van der Waals surface area contributed by atoms with Crippen molar-refractivity contribution in [2.24, 2.45) is 0 Å². The van der Waals surface area contributed by atoms with Crippen molar-refractivity contribution in [3.63, 3.8) is 0 Å². The molecule has 0 atom stereocenters. The van der Waals surface area contributed by atoms with Crippen LogP contribution < -0.4 is 10.1 Å². The van der Waals surface area contributed by atoms with Crippen molar-refractivity contribution >= 4 is 21.4 Å². The standard InChI is InChI=1S/C21H23N3O5S/c1-4-30(27,28)16-7-8-19(25)18(12-16)22-21(26)17-9-10-24(23-17)13-29-20-11-14(2)5-6-15(20)3/h5-12,25H,4,13H2,1-3H3,(H,22,26). The van der Waals surface area contributed by atoms with Crippen LogP contribution in [0.4, 0.5) is 5.69 Å². The van der Waals surface area contributed by atoms with Gasteiger partial charge in [0.2, 0.25) is 0 Å². The Morgan fingerprint density at radius 1 is 1.17 bits per heavy atom. The molecule has 0 aliphatic rings. The van der Waals surface area contributed by atoms with Gasteiger partial charge in [-0.3, -0.25) is 4.79 Å². The van der Waals surface area contributed by atoms with E-state index >= 15 is 0 Å². The van der Waals surface area contributed by atoms with Crippen LogP contribution in [-0.4, -0.2) is 35.0 Å². The molecule has 1 heterocycles. The molecule has 9 heteroatoms. The molecular formula is C21H23N3O5S. The smallest absolute Gasteiger partial charge is 0.276 e. The maximum atomic E-state index is 12.5. The lowest BCUT2D eigenvalue weighted by Crippen LogP contribution is -2.15. The second kappa shape index (κ2) is 8.58. The average Bonchev–Trinajstić information content (AvgIpc) is 3.19. The van der Waals surface area contributed by atoms with Crippen molar-refractivity contribution in [1.29, 1.82) is 0 Å². The summed E-state index contributed by atoms with van der Waals surface area (Å²) in [5.41, 5.74) is 2.16. The minimum absolute atomic E-state index is 0.00397. The van der Waals surface area contributed by atoms with Crippen LogP contribution in [0.15, 0.2) is 53.6 Å². The third-order valence-corrected chi connectivity index (χ3v) is 6.26. The molecule has 0 aliphatic heterocycles. The molecule has 0 bridgehead atoms. The van der Waals surface area contributed by atoms with Gasteiger partial charge in [0.15, 0.2) is 22.3 Å². The molecule has 1 amide bonds. The predicted octanol–water partition coefficient (Wildman–Crippen LogP) is 3.29. The van der Waals surface area contributed by atoms with E-state index in [1.807, 2.05) is 32.0 Å². The summed E-state index contributed by atoms with van der Waals surface area (Å²) in [6, 6.07) is 11.1. The van der Waals surface area contributed by atoms with E-state index in [9.17, 15) is 18.3 Å². The van der Waals surface area contributed by atoms with Crippen LogP contribution in [0.2, 0.25) is 0 Å². The number of nitrogens with one attached hydrogen (secondary N) is 1. The Morgan fingerprint density at radius 3 is 2.67 bits per heavy atom.